The first-order chi connectivity index (χ1) is 7.52. The van der Waals surface area contributed by atoms with Crippen molar-refractivity contribution in [3.05, 3.63) is 35.9 Å². The Balaban J connectivity index is 2.33. The van der Waals surface area contributed by atoms with Crippen LogP contribution in [0.2, 0.25) is 0 Å². The zero-order valence-electron chi connectivity index (χ0n) is 9.81. The first-order valence-electron chi connectivity index (χ1n) is 5.80. The molecule has 1 aliphatic carbocycles. The van der Waals surface area contributed by atoms with Gasteiger partial charge in [0.15, 0.2) is 0 Å². The lowest BCUT2D eigenvalue weighted by atomic mass is 9.81. The highest BCUT2D eigenvalue weighted by Gasteiger charge is 2.46. The van der Waals surface area contributed by atoms with Crippen LogP contribution in [0.1, 0.15) is 38.2 Å². The van der Waals surface area contributed by atoms with Crippen molar-refractivity contribution in [1.82, 2.24) is 0 Å². The van der Waals surface area contributed by atoms with Crippen LogP contribution in [-0.4, -0.2) is 16.5 Å². The lowest BCUT2D eigenvalue weighted by molar-refractivity contribution is -0.127. The average Bonchev–Trinajstić information content (AvgIpc) is 2.55. The largest absolute Gasteiger partial charge is 0.389 e. The molecule has 1 aromatic carbocycles. The third-order valence-corrected chi connectivity index (χ3v) is 3.70. The van der Waals surface area contributed by atoms with E-state index in [4.69, 9.17) is 0 Å². The molecule has 0 unspecified atom stereocenters. The summed E-state index contributed by atoms with van der Waals surface area (Å²) >= 11 is 0. The number of hydrogen-bond acceptors (Lipinski definition) is 2. The lowest BCUT2D eigenvalue weighted by Gasteiger charge is -2.27. The molecule has 1 fully saturated rings. The molecule has 2 heteroatoms. The van der Waals surface area contributed by atoms with Gasteiger partial charge in [-0.25, -0.2) is 0 Å². The van der Waals surface area contributed by atoms with Crippen molar-refractivity contribution in [1.29, 1.82) is 0 Å². The van der Waals surface area contributed by atoms with Gasteiger partial charge in [-0.15, -0.1) is 0 Å². The minimum Gasteiger partial charge on any atom is -0.389 e. The predicted octanol–water partition coefficient (Wildman–Crippen LogP) is 2.52. The summed E-state index contributed by atoms with van der Waals surface area (Å²) in [4.78, 5) is 11.7. The molecular formula is C14H18O2. The summed E-state index contributed by atoms with van der Waals surface area (Å²) in [5.74, 6) is 0.0138. The van der Waals surface area contributed by atoms with Gasteiger partial charge in [0.05, 0.1) is 11.5 Å². The molecule has 86 valence electrons. The summed E-state index contributed by atoms with van der Waals surface area (Å²) in [5.41, 5.74) is 0.326. The number of Topliss-reactive ketones (excluding diaryl/α,β-unsaturated/α-hetero) is 1. The fourth-order valence-corrected chi connectivity index (χ4v) is 2.98. The second-order valence-corrected chi connectivity index (χ2v) is 5.00. The van der Waals surface area contributed by atoms with Crippen molar-refractivity contribution in [3.8, 4) is 0 Å². The third kappa shape index (κ3) is 1.90. The van der Waals surface area contributed by atoms with Crippen molar-refractivity contribution in [3.63, 3.8) is 0 Å². The van der Waals surface area contributed by atoms with Gasteiger partial charge >= 0.3 is 0 Å². The fourth-order valence-electron chi connectivity index (χ4n) is 2.98. The van der Waals surface area contributed by atoms with Gasteiger partial charge in [-0.2, -0.15) is 0 Å². The lowest BCUT2D eigenvalue weighted by Crippen LogP contribution is -2.36. The summed E-state index contributed by atoms with van der Waals surface area (Å²) in [6.07, 6.45) is 1.60. The molecule has 3 atom stereocenters. The second-order valence-electron chi connectivity index (χ2n) is 5.00. The molecule has 1 N–H and O–H groups in total. The first kappa shape index (κ1) is 11.3. The summed E-state index contributed by atoms with van der Waals surface area (Å²) < 4.78 is 0. The Morgan fingerprint density at radius 3 is 2.56 bits per heavy atom. The van der Waals surface area contributed by atoms with E-state index in [0.29, 0.717) is 6.42 Å². The normalized spacial score (nSPS) is 33.9. The van der Waals surface area contributed by atoms with Gasteiger partial charge < -0.3 is 5.11 Å². The Kier molecular flexibility index (Phi) is 2.85. The van der Waals surface area contributed by atoms with Crippen LogP contribution in [0.5, 0.6) is 0 Å². The molecule has 0 saturated heterocycles. The van der Waals surface area contributed by atoms with Crippen molar-refractivity contribution < 1.29 is 9.90 Å². The minimum atomic E-state index is -0.841. The molecule has 0 heterocycles. The van der Waals surface area contributed by atoms with Gasteiger partial charge in [0, 0.05) is 0 Å². The molecule has 16 heavy (non-hydrogen) atoms. The van der Waals surface area contributed by atoms with Gasteiger partial charge in [0.2, 0.25) is 0 Å². The van der Waals surface area contributed by atoms with Gasteiger partial charge in [0.25, 0.3) is 0 Å². The topological polar surface area (TPSA) is 37.3 Å². The SMILES string of the molecule is CC(=O)[C@H]1[C@H](c2ccccc2)CC[C@@]1(C)O. The molecule has 0 aromatic heterocycles. The summed E-state index contributed by atoms with van der Waals surface area (Å²) in [6, 6.07) is 10.0. The standard InChI is InChI=1S/C14H18O2/c1-10(15)13-12(8-9-14(13,2)16)11-6-4-3-5-7-11/h3-7,12-13,16H,8-9H2,1-2H3/t12-,13-,14+/m0/s1. The zero-order chi connectivity index (χ0) is 11.8. The zero-order valence-corrected chi connectivity index (χ0v) is 9.81. The second kappa shape index (κ2) is 4.02. The highest BCUT2D eigenvalue weighted by Crippen LogP contribution is 2.46. The maximum absolute atomic E-state index is 11.7. The monoisotopic (exact) mass is 218 g/mol. The van der Waals surface area contributed by atoms with Crippen LogP contribution < -0.4 is 0 Å². The number of aliphatic hydroxyl groups is 1. The summed E-state index contributed by atoms with van der Waals surface area (Å²) in [6.45, 7) is 3.36. The van der Waals surface area contributed by atoms with E-state index in [0.717, 1.165) is 6.42 Å². The molecule has 0 spiro atoms. The maximum atomic E-state index is 11.7. The van der Waals surface area contributed by atoms with Crippen LogP contribution in [0.4, 0.5) is 0 Å². The van der Waals surface area contributed by atoms with E-state index in [1.807, 2.05) is 30.3 Å². The van der Waals surface area contributed by atoms with Crippen LogP contribution in [0.3, 0.4) is 0 Å². The van der Waals surface area contributed by atoms with Crippen LogP contribution in [-0.2, 0) is 4.79 Å². The highest BCUT2D eigenvalue weighted by atomic mass is 16.3. The molecule has 0 aliphatic heterocycles. The smallest absolute Gasteiger partial charge is 0.136 e. The summed E-state index contributed by atoms with van der Waals surface area (Å²) in [7, 11) is 0. The van der Waals surface area contributed by atoms with Crippen LogP contribution in [0, 0.1) is 5.92 Å². The summed E-state index contributed by atoms with van der Waals surface area (Å²) in [5, 5.41) is 10.2. The predicted molar refractivity (Wildman–Crippen MR) is 63.2 cm³/mol. The van der Waals surface area contributed by atoms with Gasteiger partial charge in [-0.05, 0) is 38.2 Å². The van der Waals surface area contributed by atoms with E-state index in [2.05, 4.69) is 0 Å². The fraction of sp³-hybridized carbons (Fsp3) is 0.500. The molecular weight excluding hydrogens is 200 g/mol. The molecule has 0 radical (unpaired) electrons. The van der Waals surface area contributed by atoms with E-state index in [9.17, 15) is 9.90 Å². The van der Waals surface area contributed by atoms with E-state index in [-0.39, 0.29) is 17.6 Å². The molecule has 0 bridgehead atoms. The minimum absolute atomic E-state index is 0.0938. The van der Waals surface area contributed by atoms with Crippen LogP contribution in [0.15, 0.2) is 30.3 Å². The van der Waals surface area contributed by atoms with E-state index in [1.54, 1.807) is 13.8 Å². The Hall–Kier alpha value is -1.15. The number of benzene rings is 1. The Bertz CT molecular complexity index is 381. The first-order valence-corrected chi connectivity index (χ1v) is 5.80. The van der Waals surface area contributed by atoms with Gasteiger partial charge in [0.1, 0.15) is 5.78 Å². The van der Waals surface area contributed by atoms with Crippen molar-refractivity contribution in [2.75, 3.05) is 0 Å². The average molecular weight is 218 g/mol. The number of hydrogen-bond donors (Lipinski definition) is 1. The third-order valence-electron chi connectivity index (χ3n) is 3.70. The van der Waals surface area contributed by atoms with Crippen LogP contribution >= 0.6 is 0 Å². The molecule has 1 aliphatic rings. The Morgan fingerprint density at radius 2 is 2.00 bits per heavy atom. The number of ketones is 1. The molecule has 2 rings (SSSR count). The molecule has 1 aromatic rings. The van der Waals surface area contributed by atoms with E-state index in [1.165, 1.54) is 5.56 Å². The van der Waals surface area contributed by atoms with Gasteiger partial charge in [-0.3, -0.25) is 4.79 Å². The van der Waals surface area contributed by atoms with Crippen molar-refractivity contribution in [2.45, 2.75) is 38.2 Å². The number of rotatable bonds is 2. The van der Waals surface area contributed by atoms with Gasteiger partial charge in [-0.1, -0.05) is 30.3 Å². The number of carbonyl (C=O) groups is 1. The van der Waals surface area contributed by atoms with E-state index >= 15 is 0 Å². The van der Waals surface area contributed by atoms with Crippen molar-refractivity contribution >= 4 is 5.78 Å². The van der Waals surface area contributed by atoms with E-state index < -0.39 is 5.60 Å². The van der Waals surface area contributed by atoms with Crippen molar-refractivity contribution in [2.24, 2.45) is 5.92 Å². The molecule has 1 saturated carbocycles. The quantitative estimate of drug-likeness (QED) is 0.828. The van der Waals surface area contributed by atoms with Crippen LogP contribution in [0.25, 0.3) is 0 Å². The Labute approximate surface area is 96.3 Å². The molecule has 2 nitrogen and oxygen atoms in total. The Morgan fingerprint density at radius 1 is 1.38 bits per heavy atom. The maximum Gasteiger partial charge on any atom is 0.136 e. The highest BCUT2D eigenvalue weighted by molar-refractivity contribution is 5.81. The molecule has 0 amide bonds. The number of carbonyl (C=O) groups excluding carboxylic acids is 1.